The zero-order valence-corrected chi connectivity index (χ0v) is 11.7. The summed E-state index contributed by atoms with van der Waals surface area (Å²) in [7, 11) is -4.87. The lowest BCUT2D eigenvalue weighted by atomic mass is 10.3. The van der Waals surface area contributed by atoms with Gasteiger partial charge < -0.3 is 5.32 Å². The number of nitrogens with one attached hydrogen (secondary N) is 1. The normalized spacial score (nSPS) is 11.7. The van der Waals surface area contributed by atoms with Crippen molar-refractivity contribution < 1.29 is 17.1 Å². The van der Waals surface area contributed by atoms with Crippen LogP contribution in [0.1, 0.15) is 4.88 Å². The molecule has 0 unspecified atom stereocenters. The van der Waals surface area contributed by atoms with Crippen molar-refractivity contribution in [2.75, 3.05) is 5.32 Å². The zero-order valence-electron chi connectivity index (χ0n) is 10.1. The summed E-state index contributed by atoms with van der Waals surface area (Å²) >= 11 is 1.46. The molecule has 2 aromatic rings. The lowest BCUT2D eigenvalue weighted by molar-refractivity contribution is -0.111. The first-order valence-electron chi connectivity index (χ1n) is 5.53. The average molecular weight is 311 g/mol. The number of halogens is 1. The molecule has 1 N–H and O–H groups in total. The van der Waals surface area contributed by atoms with E-state index in [9.17, 15) is 17.1 Å². The van der Waals surface area contributed by atoms with E-state index in [-0.39, 0.29) is 5.69 Å². The Morgan fingerprint density at radius 1 is 1.20 bits per heavy atom. The Morgan fingerprint density at radius 3 is 2.60 bits per heavy atom. The number of thiophene rings is 1. The Kier molecular flexibility index (Phi) is 4.31. The Hall–Kier alpha value is -1.99. The monoisotopic (exact) mass is 311 g/mol. The molecule has 0 saturated carbocycles. The van der Waals surface area contributed by atoms with Crippen LogP contribution in [-0.2, 0) is 15.0 Å². The van der Waals surface area contributed by atoms with Crippen LogP contribution >= 0.6 is 11.3 Å². The number of carbonyl (C=O) groups excluding carboxylic acids is 1. The second kappa shape index (κ2) is 5.98. The van der Waals surface area contributed by atoms with Crippen molar-refractivity contribution in [1.29, 1.82) is 0 Å². The minimum atomic E-state index is -4.87. The molecule has 0 fully saturated rings. The zero-order chi connectivity index (χ0) is 14.6. The van der Waals surface area contributed by atoms with E-state index in [1.807, 2.05) is 17.5 Å². The highest BCUT2D eigenvalue weighted by atomic mass is 32.3. The number of rotatable bonds is 4. The molecule has 20 heavy (non-hydrogen) atoms. The number of benzene rings is 1. The van der Waals surface area contributed by atoms with Gasteiger partial charge in [0.05, 0.1) is 5.69 Å². The first-order valence-corrected chi connectivity index (χ1v) is 7.79. The molecule has 1 heterocycles. The van der Waals surface area contributed by atoms with Gasteiger partial charge in [-0.2, -0.15) is 8.42 Å². The second-order valence-electron chi connectivity index (χ2n) is 3.77. The molecule has 0 radical (unpaired) electrons. The number of amides is 1. The van der Waals surface area contributed by atoms with Gasteiger partial charge in [0.15, 0.2) is 0 Å². The summed E-state index contributed by atoms with van der Waals surface area (Å²) < 4.78 is 34.9. The van der Waals surface area contributed by atoms with E-state index < -0.39 is 21.0 Å². The van der Waals surface area contributed by atoms with Gasteiger partial charge in [-0.05, 0) is 29.7 Å². The third-order valence-electron chi connectivity index (χ3n) is 2.35. The Bertz CT molecular complexity index is 737. The van der Waals surface area contributed by atoms with E-state index in [0.29, 0.717) is 0 Å². The first-order chi connectivity index (χ1) is 9.47. The van der Waals surface area contributed by atoms with Crippen LogP contribution in [0.5, 0.6) is 0 Å². The summed E-state index contributed by atoms with van der Waals surface area (Å²) in [4.78, 5) is 12.0. The van der Waals surface area contributed by atoms with E-state index in [1.165, 1.54) is 35.6 Å². The third kappa shape index (κ3) is 3.75. The summed E-state index contributed by atoms with van der Waals surface area (Å²) in [5.41, 5.74) is -0.0872. The SMILES string of the molecule is O=C(/C=C/c1cccs1)Nc1ccccc1S(=O)(=O)F. The molecule has 0 aliphatic carbocycles. The van der Waals surface area contributed by atoms with E-state index in [1.54, 1.807) is 6.08 Å². The molecule has 104 valence electrons. The molecule has 0 bridgehead atoms. The maximum atomic E-state index is 13.0. The largest absolute Gasteiger partial charge is 0.334 e. The highest BCUT2D eigenvalue weighted by Crippen LogP contribution is 2.22. The fourth-order valence-electron chi connectivity index (χ4n) is 1.50. The quantitative estimate of drug-likeness (QED) is 0.697. The molecular weight excluding hydrogens is 301 g/mol. The van der Waals surface area contributed by atoms with Crippen molar-refractivity contribution in [3.63, 3.8) is 0 Å². The summed E-state index contributed by atoms with van der Waals surface area (Å²) in [5.74, 6) is -0.533. The van der Waals surface area contributed by atoms with Gasteiger partial charge in [-0.3, -0.25) is 4.79 Å². The smallest absolute Gasteiger partial charge is 0.321 e. The molecule has 0 atom stereocenters. The molecule has 1 amide bonds. The van der Waals surface area contributed by atoms with Crippen molar-refractivity contribution in [2.45, 2.75) is 4.90 Å². The predicted molar refractivity (Wildman–Crippen MR) is 76.7 cm³/mol. The van der Waals surface area contributed by atoms with Crippen molar-refractivity contribution in [3.8, 4) is 0 Å². The van der Waals surface area contributed by atoms with E-state index >= 15 is 0 Å². The summed E-state index contributed by atoms with van der Waals surface area (Å²) in [5, 5.41) is 4.20. The molecular formula is C13H10FNO3S2. The third-order valence-corrected chi connectivity index (χ3v) is 4.07. The molecule has 1 aromatic carbocycles. The fourth-order valence-corrected chi connectivity index (χ4v) is 2.74. The maximum absolute atomic E-state index is 13.0. The van der Waals surface area contributed by atoms with Crippen LogP contribution in [0, 0.1) is 0 Å². The van der Waals surface area contributed by atoms with E-state index in [4.69, 9.17) is 0 Å². The van der Waals surface area contributed by atoms with Gasteiger partial charge in [-0.1, -0.05) is 18.2 Å². The van der Waals surface area contributed by atoms with Gasteiger partial charge in [0.1, 0.15) is 4.90 Å². The Balaban J connectivity index is 2.17. The van der Waals surface area contributed by atoms with Crippen LogP contribution in [0.4, 0.5) is 9.57 Å². The van der Waals surface area contributed by atoms with Crippen molar-refractivity contribution in [1.82, 2.24) is 0 Å². The predicted octanol–water partition coefficient (Wildman–Crippen LogP) is 3.06. The van der Waals surface area contributed by atoms with E-state index in [2.05, 4.69) is 5.32 Å². The van der Waals surface area contributed by atoms with Gasteiger partial charge in [0.2, 0.25) is 5.91 Å². The molecule has 7 heteroatoms. The molecule has 0 aliphatic rings. The number of hydrogen-bond acceptors (Lipinski definition) is 4. The average Bonchev–Trinajstić information content (AvgIpc) is 2.89. The Labute approximate surface area is 119 Å². The highest BCUT2D eigenvalue weighted by Gasteiger charge is 2.17. The summed E-state index contributed by atoms with van der Waals surface area (Å²) in [6.07, 6.45) is 2.85. The minimum absolute atomic E-state index is 0.0872. The van der Waals surface area contributed by atoms with Crippen molar-refractivity contribution >= 4 is 39.2 Å². The molecule has 1 aromatic heterocycles. The number of carbonyl (C=O) groups is 1. The van der Waals surface area contributed by atoms with Gasteiger partial charge in [0.25, 0.3) is 0 Å². The lowest BCUT2D eigenvalue weighted by Gasteiger charge is -2.05. The molecule has 4 nitrogen and oxygen atoms in total. The topological polar surface area (TPSA) is 63.2 Å². The van der Waals surface area contributed by atoms with Crippen LogP contribution < -0.4 is 5.32 Å². The molecule has 0 saturated heterocycles. The number of hydrogen-bond donors (Lipinski definition) is 1. The van der Waals surface area contributed by atoms with Crippen LogP contribution in [0.2, 0.25) is 0 Å². The lowest BCUT2D eigenvalue weighted by Crippen LogP contribution is -2.10. The van der Waals surface area contributed by atoms with E-state index in [0.717, 1.165) is 10.9 Å². The standard InChI is InChI=1S/C13H10FNO3S2/c14-20(17,18)12-6-2-1-5-11(12)15-13(16)8-7-10-4-3-9-19-10/h1-9H,(H,15,16)/b8-7+. The van der Waals surface area contributed by atoms with Gasteiger partial charge in [-0.15, -0.1) is 15.2 Å². The van der Waals surface area contributed by atoms with Crippen LogP contribution in [-0.4, -0.2) is 14.3 Å². The summed E-state index contributed by atoms with van der Waals surface area (Å²) in [6.45, 7) is 0. The molecule has 0 aliphatic heterocycles. The second-order valence-corrected chi connectivity index (χ2v) is 6.07. The number of para-hydroxylation sites is 1. The van der Waals surface area contributed by atoms with Crippen molar-refractivity contribution in [3.05, 3.63) is 52.7 Å². The maximum Gasteiger partial charge on any atom is 0.334 e. The van der Waals surface area contributed by atoms with Crippen LogP contribution in [0.3, 0.4) is 0 Å². The van der Waals surface area contributed by atoms with Crippen LogP contribution in [0.15, 0.2) is 52.7 Å². The fraction of sp³-hybridized carbons (Fsp3) is 0. The number of anilines is 1. The highest BCUT2D eigenvalue weighted by molar-refractivity contribution is 7.86. The van der Waals surface area contributed by atoms with Gasteiger partial charge >= 0.3 is 10.2 Å². The first kappa shape index (κ1) is 14.4. The van der Waals surface area contributed by atoms with Crippen molar-refractivity contribution in [2.24, 2.45) is 0 Å². The van der Waals surface area contributed by atoms with Gasteiger partial charge in [-0.25, -0.2) is 0 Å². The minimum Gasteiger partial charge on any atom is -0.321 e. The Morgan fingerprint density at radius 2 is 1.95 bits per heavy atom. The van der Waals surface area contributed by atoms with Crippen LogP contribution in [0.25, 0.3) is 6.08 Å². The molecule has 2 rings (SSSR count). The molecule has 0 spiro atoms. The summed E-state index contributed by atoms with van der Waals surface area (Å²) in [6, 6.07) is 8.97. The van der Waals surface area contributed by atoms with Gasteiger partial charge in [0, 0.05) is 11.0 Å².